The first-order chi connectivity index (χ1) is 10.7. The lowest BCUT2D eigenvalue weighted by Crippen LogP contribution is -3.00. The van der Waals surface area contributed by atoms with Crippen molar-refractivity contribution in [2.75, 3.05) is 26.7 Å². The Morgan fingerprint density at radius 1 is 0.478 bits per heavy atom. The minimum Gasteiger partial charge on any atom is -1.00 e. The van der Waals surface area contributed by atoms with E-state index in [1.54, 1.807) is 0 Å². The average molecular weight is 393 g/mol. The van der Waals surface area contributed by atoms with E-state index in [0.717, 1.165) is 0 Å². The quantitative estimate of drug-likeness (QED) is 0.260. The van der Waals surface area contributed by atoms with Crippen LogP contribution in [0.1, 0.15) is 111 Å². The van der Waals surface area contributed by atoms with Crippen molar-refractivity contribution in [1.82, 2.24) is 0 Å². The molecule has 0 aromatic heterocycles. The van der Waals surface area contributed by atoms with Gasteiger partial charge in [-0.1, -0.05) is 84.0 Å². The molecule has 0 atom stereocenters. The molecule has 0 bridgehead atoms. The Bertz CT molecular complexity index is 214. The molecule has 0 saturated carbocycles. The Kier molecular flexibility index (Phi) is 21.0. The molecular formula is C21H46BrN. The van der Waals surface area contributed by atoms with Gasteiger partial charge < -0.3 is 21.5 Å². The van der Waals surface area contributed by atoms with Crippen molar-refractivity contribution in [2.24, 2.45) is 0 Å². The van der Waals surface area contributed by atoms with Gasteiger partial charge in [-0.15, -0.1) is 0 Å². The van der Waals surface area contributed by atoms with E-state index in [2.05, 4.69) is 27.8 Å². The van der Waals surface area contributed by atoms with Crippen LogP contribution in [0.4, 0.5) is 0 Å². The minimum atomic E-state index is 0. The maximum absolute atomic E-state index is 2.41. The van der Waals surface area contributed by atoms with Gasteiger partial charge in [0.2, 0.25) is 0 Å². The molecule has 1 nitrogen and oxygen atoms in total. The number of hydrogen-bond donors (Lipinski definition) is 0. The zero-order valence-corrected chi connectivity index (χ0v) is 18.4. The molecule has 0 rings (SSSR count). The first-order valence-corrected chi connectivity index (χ1v) is 10.5. The second-order valence-corrected chi connectivity index (χ2v) is 7.57. The van der Waals surface area contributed by atoms with Crippen molar-refractivity contribution in [3.8, 4) is 0 Å². The fourth-order valence-electron chi connectivity index (χ4n) is 3.23. The number of nitrogens with zero attached hydrogens (tertiary/aromatic N) is 1. The predicted octanol–water partition coefficient (Wildman–Crippen LogP) is 3.96. The lowest BCUT2D eigenvalue weighted by molar-refractivity contribution is -0.906. The molecule has 0 aromatic carbocycles. The van der Waals surface area contributed by atoms with E-state index in [9.17, 15) is 0 Å². The third-order valence-corrected chi connectivity index (χ3v) is 5.58. The highest BCUT2D eigenvalue weighted by Crippen LogP contribution is 2.13. The van der Waals surface area contributed by atoms with Gasteiger partial charge in [-0.25, -0.2) is 0 Å². The summed E-state index contributed by atoms with van der Waals surface area (Å²) >= 11 is 0. The number of quaternary nitrogens is 1. The van der Waals surface area contributed by atoms with E-state index in [0.29, 0.717) is 0 Å². The van der Waals surface area contributed by atoms with Crippen LogP contribution in [0, 0.1) is 0 Å². The summed E-state index contributed by atoms with van der Waals surface area (Å²) in [6, 6.07) is 0. The van der Waals surface area contributed by atoms with Gasteiger partial charge in [0.05, 0.1) is 26.7 Å². The van der Waals surface area contributed by atoms with Crippen LogP contribution in [-0.2, 0) is 0 Å². The lowest BCUT2D eigenvalue weighted by atomic mass is 10.0. The first kappa shape index (κ1) is 25.7. The zero-order valence-electron chi connectivity index (χ0n) is 16.8. The van der Waals surface area contributed by atoms with Gasteiger partial charge in [-0.2, -0.15) is 0 Å². The number of halogens is 1. The highest BCUT2D eigenvalue weighted by Gasteiger charge is 2.14. The molecule has 0 fully saturated rings. The zero-order chi connectivity index (χ0) is 16.5. The van der Waals surface area contributed by atoms with Crippen LogP contribution >= 0.6 is 0 Å². The van der Waals surface area contributed by atoms with Gasteiger partial charge in [-0.05, 0) is 26.7 Å². The second-order valence-electron chi connectivity index (χ2n) is 7.57. The van der Waals surface area contributed by atoms with E-state index in [1.807, 2.05) is 0 Å². The molecule has 0 unspecified atom stereocenters. The monoisotopic (exact) mass is 391 g/mol. The van der Waals surface area contributed by atoms with Gasteiger partial charge in [0.15, 0.2) is 0 Å². The van der Waals surface area contributed by atoms with Gasteiger partial charge in [0, 0.05) is 0 Å². The van der Waals surface area contributed by atoms with Crippen molar-refractivity contribution in [1.29, 1.82) is 0 Å². The molecule has 0 N–H and O–H groups in total. The topological polar surface area (TPSA) is 0 Å². The Morgan fingerprint density at radius 3 is 1.09 bits per heavy atom. The fourth-order valence-corrected chi connectivity index (χ4v) is 3.23. The van der Waals surface area contributed by atoms with Gasteiger partial charge >= 0.3 is 0 Å². The maximum Gasteiger partial charge on any atom is 0.0784 e. The van der Waals surface area contributed by atoms with Crippen LogP contribution in [-0.4, -0.2) is 31.2 Å². The molecule has 0 aliphatic rings. The maximum atomic E-state index is 2.41. The number of rotatable bonds is 17. The molecule has 0 aliphatic carbocycles. The number of unbranched alkanes of at least 4 members (excludes halogenated alkanes) is 13. The predicted molar refractivity (Wildman–Crippen MR) is 102 cm³/mol. The molecule has 0 spiro atoms. The number of hydrogen-bond acceptors (Lipinski definition) is 0. The van der Waals surface area contributed by atoms with Gasteiger partial charge in [-0.3, -0.25) is 0 Å². The van der Waals surface area contributed by atoms with Crippen LogP contribution in [0.2, 0.25) is 0 Å². The summed E-state index contributed by atoms with van der Waals surface area (Å²) in [5.74, 6) is 0. The van der Waals surface area contributed by atoms with Crippen LogP contribution < -0.4 is 17.0 Å². The van der Waals surface area contributed by atoms with E-state index < -0.39 is 0 Å². The third kappa shape index (κ3) is 17.1. The summed E-state index contributed by atoms with van der Waals surface area (Å²) in [7, 11) is 2.41. The van der Waals surface area contributed by atoms with Crippen molar-refractivity contribution < 1.29 is 21.5 Å². The van der Waals surface area contributed by atoms with Crippen LogP contribution in [0.15, 0.2) is 0 Å². The highest BCUT2D eigenvalue weighted by molar-refractivity contribution is 4.49. The molecule has 0 radical (unpaired) electrons. The average Bonchev–Trinajstić information content (AvgIpc) is 2.55. The molecule has 0 aromatic rings. The molecule has 142 valence electrons. The van der Waals surface area contributed by atoms with Crippen molar-refractivity contribution in [2.45, 2.75) is 111 Å². The third-order valence-electron chi connectivity index (χ3n) is 5.58. The largest absolute Gasteiger partial charge is 1.00 e. The molecular weight excluding hydrogens is 346 g/mol. The van der Waals surface area contributed by atoms with E-state index in [-0.39, 0.29) is 17.0 Å². The standard InChI is InChI=1S/C21H46N.BrH/c1-5-8-9-10-11-12-13-14-15-16-17-18-19-20-21-22(4,6-2)7-3;/h5-21H2,1-4H3;1H/q+1;/p-1. The van der Waals surface area contributed by atoms with E-state index >= 15 is 0 Å². The molecule has 0 saturated heterocycles. The van der Waals surface area contributed by atoms with Crippen molar-refractivity contribution in [3.05, 3.63) is 0 Å². The molecule has 0 aliphatic heterocycles. The Labute approximate surface area is 159 Å². The van der Waals surface area contributed by atoms with Crippen molar-refractivity contribution >= 4 is 0 Å². The summed E-state index contributed by atoms with van der Waals surface area (Å²) in [5, 5.41) is 0. The first-order valence-electron chi connectivity index (χ1n) is 10.5. The second kappa shape index (κ2) is 18.8. The summed E-state index contributed by atoms with van der Waals surface area (Å²) in [6.45, 7) is 10.9. The Balaban J connectivity index is 0. The van der Waals surface area contributed by atoms with Gasteiger partial charge in [0.1, 0.15) is 0 Å². The fraction of sp³-hybridized carbons (Fsp3) is 1.00. The lowest BCUT2D eigenvalue weighted by Gasteiger charge is -2.32. The summed E-state index contributed by atoms with van der Waals surface area (Å²) in [5.41, 5.74) is 0. The van der Waals surface area contributed by atoms with E-state index in [4.69, 9.17) is 0 Å². The summed E-state index contributed by atoms with van der Waals surface area (Å²) < 4.78 is 1.26. The van der Waals surface area contributed by atoms with Gasteiger partial charge in [0.25, 0.3) is 0 Å². The Hall–Kier alpha value is 0.440. The highest BCUT2D eigenvalue weighted by atomic mass is 79.9. The van der Waals surface area contributed by atoms with Crippen LogP contribution in [0.5, 0.6) is 0 Å². The molecule has 0 amide bonds. The molecule has 23 heavy (non-hydrogen) atoms. The molecule has 2 heteroatoms. The van der Waals surface area contributed by atoms with Crippen molar-refractivity contribution in [3.63, 3.8) is 0 Å². The Morgan fingerprint density at radius 2 is 0.783 bits per heavy atom. The minimum absolute atomic E-state index is 0. The van der Waals surface area contributed by atoms with E-state index in [1.165, 1.54) is 114 Å². The summed E-state index contributed by atoms with van der Waals surface area (Å²) in [4.78, 5) is 0. The van der Waals surface area contributed by atoms with Crippen LogP contribution in [0.3, 0.4) is 0 Å². The SMILES string of the molecule is CCCCCCCCCCCCCCCC[N+](C)(CC)CC.[Br-]. The smallest absolute Gasteiger partial charge is 0.0784 e. The molecule has 0 heterocycles. The van der Waals surface area contributed by atoms with Crippen LogP contribution in [0.25, 0.3) is 0 Å². The normalized spacial score (nSPS) is 11.5. The summed E-state index contributed by atoms with van der Waals surface area (Å²) in [6.07, 6.45) is 20.4.